The van der Waals surface area contributed by atoms with Gasteiger partial charge in [-0.15, -0.1) is 0 Å². The number of benzene rings is 2. The van der Waals surface area contributed by atoms with Gasteiger partial charge in [0.1, 0.15) is 18.6 Å². The Morgan fingerprint density at radius 2 is 1.83 bits per heavy atom. The summed E-state index contributed by atoms with van der Waals surface area (Å²) in [6, 6.07) is 17.0. The molecule has 3 rings (SSSR count). The first kappa shape index (κ1) is 20.9. The number of aldehydes is 1. The minimum Gasteiger partial charge on any atom is -0.487 e. The zero-order valence-electron chi connectivity index (χ0n) is 16.7. The van der Waals surface area contributed by atoms with Crippen LogP contribution in [0, 0.1) is 6.92 Å². The number of hydrogen-bond acceptors (Lipinski definition) is 3. The molecule has 0 saturated heterocycles. The molecule has 0 saturated carbocycles. The maximum absolute atomic E-state index is 12.8. The molecule has 0 unspecified atom stereocenters. The van der Waals surface area contributed by atoms with Crippen LogP contribution in [0.5, 0.6) is 5.75 Å². The fourth-order valence-electron chi connectivity index (χ4n) is 3.19. The van der Waals surface area contributed by atoms with E-state index in [1.165, 1.54) is 5.56 Å². The minimum absolute atomic E-state index is 0.0696. The molecule has 4 nitrogen and oxygen atoms in total. The zero-order chi connectivity index (χ0) is 20.8. The normalized spacial score (nSPS) is 10.7. The summed E-state index contributed by atoms with van der Waals surface area (Å²) in [5, 5.41) is 0.519. The second kappa shape index (κ2) is 9.57. The Morgan fingerprint density at radius 3 is 2.52 bits per heavy atom. The van der Waals surface area contributed by atoms with Gasteiger partial charge in [-0.3, -0.25) is 9.59 Å². The third kappa shape index (κ3) is 5.15. The Morgan fingerprint density at radius 1 is 1.07 bits per heavy atom. The molecule has 0 bridgehead atoms. The van der Waals surface area contributed by atoms with E-state index in [2.05, 4.69) is 13.0 Å². The Bertz CT molecular complexity index is 1050. The summed E-state index contributed by atoms with van der Waals surface area (Å²) in [7, 11) is 0. The number of rotatable bonds is 8. The predicted octanol–water partition coefficient (Wildman–Crippen LogP) is 5.01. The van der Waals surface area contributed by atoms with Crippen molar-refractivity contribution in [1.82, 2.24) is 4.57 Å². The van der Waals surface area contributed by atoms with E-state index in [9.17, 15) is 9.59 Å². The summed E-state index contributed by atoms with van der Waals surface area (Å²) in [4.78, 5) is 23.6. The highest BCUT2D eigenvalue weighted by Gasteiger charge is 2.13. The molecule has 0 amide bonds. The molecule has 0 spiro atoms. The summed E-state index contributed by atoms with van der Waals surface area (Å²) in [6.07, 6.45) is 2.39. The van der Waals surface area contributed by atoms with Crippen LogP contribution in [0.3, 0.4) is 0 Å². The molecule has 0 radical (unpaired) electrons. The number of halogens is 1. The lowest BCUT2D eigenvalue weighted by molar-refractivity contribution is 0.112. The molecule has 150 valence electrons. The molecule has 0 N–H and O–H groups in total. The molecular weight excluding hydrogens is 386 g/mol. The molecular formula is C24H24ClNO3. The van der Waals surface area contributed by atoms with E-state index in [-0.39, 0.29) is 12.2 Å². The van der Waals surface area contributed by atoms with E-state index in [1.807, 2.05) is 30.3 Å². The summed E-state index contributed by atoms with van der Waals surface area (Å²) < 4.78 is 7.64. The van der Waals surface area contributed by atoms with Gasteiger partial charge in [0, 0.05) is 17.7 Å². The van der Waals surface area contributed by atoms with E-state index < -0.39 is 0 Å². The van der Waals surface area contributed by atoms with E-state index in [0.29, 0.717) is 34.8 Å². The molecule has 3 aromatic rings. The topological polar surface area (TPSA) is 48.3 Å². The minimum atomic E-state index is -0.0696. The van der Waals surface area contributed by atoms with Gasteiger partial charge in [-0.25, -0.2) is 0 Å². The van der Waals surface area contributed by atoms with Crippen molar-refractivity contribution >= 4 is 17.9 Å². The Labute approximate surface area is 175 Å². The molecule has 0 aliphatic heterocycles. The number of carbonyl (C=O) groups is 1. The van der Waals surface area contributed by atoms with E-state index in [4.69, 9.17) is 16.3 Å². The summed E-state index contributed by atoms with van der Waals surface area (Å²) >= 11 is 6.47. The van der Waals surface area contributed by atoms with Crippen molar-refractivity contribution in [1.29, 1.82) is 0 Å². The third-order valence-corrected chi connectivity index (χ3v) is 5.28. The van der Waals surface area contributed by atoms with Crippen LogP contribution in [-0.4, -0.2) is 10.9 Å². The Hall–Kier alpha value is -2.85. The van der Waals surface area contributed by atoms with Gasteiger partial charge in [0.2, 0.25) is 0 Å². The maximum Gasteiger partial charge on any atom is 0.253 e. The number of nitrogens with zero attached hydrogens (tertiary/aromatic N) is 1. The fraction of sp³-hybridized carbons (Fsp3) is 0.250. The molecule has 1 aromatic heterocycles. The first-order valence-electron chi connectivity index (χ1n) is 9.66. The standard InChI is InChI=1S/C24H24ClNO3/c1-3-18-5-4-6-21(14-18)29-16-23-22(25)13-17(2)24(28)26(23)12-11-19-7-9-20(15-27)10-8-19/h4-10,13-15H,3,11-12,16H2,1-2H3. The zero-order valence-corrected chi connectivity index (χ0v) is 17.4. The first-order chi connectivity index (χ1) is 14.0. The van der Waals surface area contributed by atoms with Crippen LogP contribution in [0.2, 0.25) is 5.02 Å². The highest BCUT2D eigenvalue weighted by molar-refractivity contribution is 6.31. The van der Waals surface area contributed by atoms with Crippen LogP contribution in [-0.2, 0) is 26.0 Å². The van der Waals surface area contributed by atoms with Crippen LogP contribution in [0.25, 0.3) is 0 Å². The van der Waals surface area contributed by atoms with Gasteiger partial charge < -0.3 is 9.30 Å². The number of hydrogen-bond donors (Lipinski definition) is 0. The lowest BCUT2D eigenvalue weighted by Crippen LogP contribution is -2.27. The number of aromatic nitrogens is 1. The molecule has 0 aliphatic rings. The van der Waals surface area contributed by atoms with Crippen LogP contribution < -0.4 is 10.3 Å². The van der Waals surface area contributed by atoms with Crippen molar-refractivity contribution in [3.05, 3.63) is 97.9 Å². The summed E-state index contributed by atoms with van der Waals surface area (Å²) in [5.41, 5.74) is 4.06. The average molecular weight is 410 g/mol. The van der Waals surface area contributed by atoms with E-state index >= 15 is 0 Å². The van der Waals surface area contributed by atoms with Crippen LogP contribution in [0.4, 0.5) is 0 Å². The first-order valence-corrected chi connectivity index (χ1v) is 10.0. The Kier molecular flexibility index (Phi) is 6.89. The number of ether oxygens (including phenoxy) is 1. The van der Waals surface area contributed by atoms with Crippen molar-refractivity contribution in [2.24, 2.45) is 0 Å². The lowest BCUT2D eigenvalue weighted by atomic mass is 10.1. The number of carbonyl (C=O) groups excluding carboxylic acids is 1. The van der Waals surface area contributed by atoms with Crippen LogP contribution >= 0.6 is 11.6 Å². The molecule has 2 aromatic carbocycles. The molecule has 0 atom stereocenters. The molecule has 5 heteroatoms. The van der Waals surface area contributed by atoms with Crippen molar-refractivity contribution in [2.75, 3.05) is 0 Å². The second-order valence-electron chi connectivity index (χ2n) is 6.98. The van der Waals surface area contributed by atoms with Crippen LogP contribution in [0.15, 0.2) is 59.4 Å². The second-order valence-corrected chi connectivity index (χ2v) is 7.39. The van der Waals surface area contributed by atoms with Crippen molar-refractivity contribution in [3.63, 3.8) is 0 Å². The molecule has 29 heavy (non-hydrogen) atoms. The summed E-state index contributed by atoms with van der Waals surface area (Å²) in [5.74, 6) is 0.754. The third-order valence-electron chi connectivity index (χ3n) is 4.95. The van der Waals surface area contributed by atoms with Gasteiger partial charge in [-0.2, -0.15) is 0 Å². The van der Waals surface area contributed by atoms with Crippen molar-refractivity contribution in [2.45, 2.75) is 39.8 Å². The fourth-order valence-corrected chi connectivity index (χ4v) is 3.51. The maximum atomic E-state index is 12.8. The smallest absolute Gasteiger partial charge is 0.253 e. The molecule has 0 aliphatic carbocycles. The lowest BCUT2D eigenvalue weighted by Gasteiger charge is -2.17. The highest BCUT2D eigenvalue weighted by Crippen LogP contribution is 2.20. The summed E-state index contributed by atoms with van der Waals surface area (Å²) in [6.45, 7) is 4.55. The largest absolute Gasteiger partial charge is 0.487 e. The quantitative estimate of drug-likeness (QED) is 0.491. The highest BCUT2D eigenvalue weighted by atomic mass is 35.5. The van der Waals surface area contributed by atoms with Crippen molar-refractivity contribution < 1.29 is 9.53 Å². The molecule has 1 heterocycles. The van der Waals surface area contributed by atoms with Crippen LogP contribution in [0.1, 0.15) is 39.7 Å². The van der Waals surface area contributed by atoms with Gasteiger partial charge in [0.15, 0.2) is 0 Å². The monoisotopic (exact) mass is 409 g/mol. The van der Waals surface area contributed by atoms with Gasteiger partial charge in [-0.05, 0) is 49.1 Å². The van der Waals surface area contributed by atoms with Gasteiger partial charge in [0.05, 0.1) is 10.7 Å². The van der Waals surface area contributed by atoms with Gasteiger partial charge in [-0.1, -0.05) is 54.9 Å². The Balaban J connectivity index is 1.83. The average Bonchev–Trinajstić information content (AvgIpc) is 2.75. The number of aryl methyl sites for hydroxylation is 3. The SMILES string of the molecule is CCc1cccc(OCc2c(Cl)cc(C)c(=O)n2CCc2ccc(C=O)cc2)c1. The molecule has 0 fully saturated rings. The van der Waals surface area contributed by atoms with Gasteiger partial charge >= 0.3 is 0 Å². The van der Waals surface area contributed by atoms with E-state index in [0.717, 1.165) is 24.0 Å². The van der Waals surface area contributed by atoms with Gasteiger partial charge in [0.25, 0.3) is 5.56 Å². The number of pyridine rings is 1. The van der Waals surface area contributed by atoms with E-state index in [1.54, 1.807) is 29.7 Å². The predicted molar refractivity (Wildman–Crippen MR) is 116 cm³/mol. The van der Waals surface area contributed by atoms with Crippen molar-refractivity contribution in [3.8, 4) is 5.75 Å².